The number of hydrogen-bond donors (Lipinski definition) is 2. The molecule has 0 spiro atoms. The number of fused-ring (bicyclic) bond motifs is 2. The Morgan fingerprint density at radius 2 is 1.62 bits per heavy atom. The van der Waals surface area contributed by atoms with Crippen LogP contribution in [0.5, 0.6) is 5.75 Å². The molecule has 0 bridgehead atoms. The van der Waals surface area contributed by atoms with Gasteiger partial charge in [-0.3, -0.25) is 0 Å². The Labute approximate surface area is 232 Å². The van der Waals surface area contributed by atoms with Crippen LogP contribution in [0.3, 0.4) is 0 Å². The van der Waals surface area contributed by atoms with Gasteiger partial charge in [-0.1, -0.05) is 0 Å². The van der Waals surface area contributed by atoms with E-state index in [9.17, 15) is 19.8 Å². The first-order valence-corrected chi connectivity index (χ1v) is 14.2. The summed E-state index contributed by atoms with van der Waals surface area (Å²) >= 11 is 37.6. The molecule has 0 amide bonds. The quantitative estimate of drug-likeness (QED) is 0.133. The predicted molar refractivity (Wildman–Crippen MR) is 132 cm³/mol. The number of carboxylic acids is 1. The molecule has 2 aliphatic rings. The van der Waals surface area contributed by atoms with E-state index in [2.05, 4.69) is 0 Å². The predicted octanol–water partition coefficient (Wildman–Crippen LogP) is 5.17. The molecule has 34 heavy (non-hydrogen) atoms. The zero-order valence-corrected chi connectivity index (χ0v) is 23.4. The molecule has 0 unspecified atom stereocenters. The fourth-order valence-corrected chi connectivity index (χ4v) is 7.54. The maximum atomic E-state index is 12.4. The minimum absolute atomic E-state index is 0.0225. The molecule has 178 valence electrons. The molecule has 2 N–H and O–H groups in total. The van der Waals surface area contributed by atoms with Gasteiger partial charge in [-0.05, 0) is 0 Å². The van der Waals surface area contributed by atoms with Crippen LogP contribution in [0.2, 0.25) is 30.1 Å². The number of alkyl halides is 1. The van der Waals surface area contributed by atoms with E-state index in [0.29, 0.717) is 3.57 Å². The minimum atomic E-state index is -1.33. The van der Waals surface area contributed by atoms with Crippen molar-refractivity contribution in [2.75, 3.05) is 4.43 Å². The third-order valence-corrected chi connectivity index (χ3v) is 9.64. The first kappa shape index (κ1) is 25.9. The molecule has 0 saturated carbocycles. The number of aromatic hydroxyl groups is 1. The Morgan fingerprint density at radius 3 is 2.24 bits per heavy atom. The van der Waals surface area contributed by atoms with E-state index < -0.39 is 38.4 Å². The van der Waals surface area contributed by atoms with Crippen molar-refractivity contribution in [1.82, 2.24) is 0 Å². The van der Waals surface area contributed by atoms with Crippen molar-refractivity contribution in [3.05, 3.63) is 67.7 Å². The van der Waals surface area contributed by atoms with Gasteiger partial charge in [-0.2, -0.15) is 0 Å². The van der Waals surface area contributed by atoms with Crippen LogP contribution in [0.25, 0.3) is 33.4 Å². The summed E-state index contributed by atoms with van der Waals surface area (Å²) in [6.07, 6.45) is 0. The summed E-state index contributed by atoms with van der Waals surface area (Å²) in [5.74, 6) is -1.93. The van der Waals surface area contributed by atoms with E-state index in [4.69, 9.17) is 74.0 Å². The van der Waals surface area contributed by atoms with Crippen LogP contribution in [-0.2, 0) is 0 Å². The second-order valence-electron chi connectivity index (χ2n) is 6.86. The topological polar surface area (TPSA) is 87.7 Å². The van der Waals surface area contributed by atoms with E-state index in [0.717, 1.165) is 4.43 Å². The van der Waals surface area contributed by atoms with Crippen molar-refractivity contribution in [2.45, 2.75) is 6.92 Å². The Balaban J connectivity index is 2.38. The first-order chi connectivity index (χ1) is 16.0. The SMILES string of the molecule is CC[I-]c1cc(Cl)c(C(=O)O)c(-c2c3cc(Cl)c(=O)c(Cl)c-3oc3c(Cl)c(O)c(Cl)cc23)c1Cl. The van der Waals surface area contributed by atoms with Crippen LogP contribution >= 0.6 is 69.6 Å². The number of halogens is 7. The summed E-state index contributed by atoms with van der Waals surface area (Å²) in [7, 11) is 0. The van der Waals surface area contributed by atoms with E-state index >= 15 is 0 Å². The fraction of sp³-hybridized carbons (Fsp3) is 0.0909. The molecule has 2 aromatic carbocycles. The molecule has 0 saturated heterocycles. The van der Waals surface area contributed by atoms with Gasteiger partial charge in [0.2, 0.25) is 0 Å². The number of rotatable bonds is 4. The Bertz CT molecular complexity index is 1550. The van der Waals surface area contributed by atoms with Gasteiger partial charge in [0.1, 0.15) is 0 Å². The van der Waals surface area contributed by atoms with E-state index in [1.165, 1.54) is 12.1 Å². The van der Waals surface area contributed by atoms with Gasteiger partial charge in [-0.15, -0.1) is 0 Å². The normalized spacial score (nSPS) is 11.6. The maximum absolute atomic E-state index is 12.4. The number of carboxylic acid groups (broad SMARTS) is 1. The summed E-state index contributed by atoms with van der Waals surface area (Å²) < 4.78 is 7.36. The number of benzene rings is 3. The molecule has 0 aromatic heterocycles. The van der Waals surface area contributed by atoms with Crippen molar-refractivity contribution in [3.63, 3.8) is 0 Å². The van der Waals surface area contributed by atoms with E-state index in [1.54, 1.807) is 6.07 Å². The molecular formula is C22H10Cl6IO5-. The third kappa shape index (κ3) is 4.11. The van der Waals surface area contributed by atoms with Crippen molar-refractivity contribution < 1.29 is 40.6 Å². The number of aromatic carboxylic acids is 1. The van der Waals surface area contributed by atoms with Crippen LogP contribution < -0.4 is 26.6 Å². The van der Waals surface area contributed by atoms with Gasteiger partial charge in [0.15, 0.2) is 0 Å². The third-order valence-electron chi connectivity index (χ3n) is 4.94. The molecule has 4 rings (SSSR count). The van der Waals surface area contributed by atoms with Crippen LogP contribution in [0.1, 0.15) is 17.3 Å². The summed E-state index contributed by atoms with van der Waals surface area (Å²) in [6.45, 7) is 1.98. The van der Waals surface area contributed by atoms with Gasteiger partial charge in [0.05, 0.1) is 0 Å². The number of hydrogen-bond acceptors (Lipinski definition) is 4. The second-order valence-corrected chi connectivity index (χ2v) is 12.7. The summed E-state index contributed by atoms with van der Waals surface area (Å²) in [6, 6.07) is 4.20. The molecule has 0 radical (unpaired) electrons. The van der Waals surface area contributed by atoms with Gasteiger partial charge in [0.25, 0.3) is 0 Å². The molecule has 0 fully saturated rings. The van der Waals surface area contributed by atoms with Gasteiger partial charge >= 0.3 is 234 Å². The molecule has 2 aromatic rings. The monoisotopic (exact) mass is 691 g/mol. The summed E-state index contributed by atoms with van der Waals surface area (Å²) in [4.78, 5) is 24.8. The van der Waals surface area contributed by atoms with Crippen molar-refractivity contribution in [1.29, 1.82) is 0 Å². The average Bonchev–Trinajstić information content (AvgIpc) is 2.77. The van der Waals surface area contributed by atoms with Crippen LogP contribution in [-0.4, -0.2) is 20.6 Å². The van der Waals surface area contributed by atoms with Crippen LogP contribution in [0.15, 0.2) is 27.4 Å². The van der Waals surface area contributed by atoms with Gasteiger partial charge < -0.3 is 0 Å². The molecule has 1 heterocycles. The second kappa shape index (κ2) is 9.73. The van der Waals surface area contributed by atoms with Crippen molar-refractivity contribution in [2.24, 2.45) is 0 Å². The van der Waals surface area contributed by atoms with Gasteiger partial charge in [-0.25, -0.2) is 0 Å². The zero-order valence-electron chi connectivity index (χ0n) is 16.7. The van der Waals surface area contributed by atoms with Gasteiger partial charge in [0, 0.05) is 0 Å². The average molecular weight is 694 g/mol. The van der Waals surface area contributed by atoms with Crippen LogP contribution in [0.4, 0.5) is 0 Å². The number of phenolic OH excluding ortho intramolecular Hbond substituents is 1. The van der Waals surface area contributed by atoms with Crippen molar-refractivity contribution in [3.8, 4) is 28.2 Å². The Morgan fingerprint density at radius 1 is 0.941 bits per heavy atom. The van der Waals surface area contributed by atoms with E-state index in [1.807, 2.05) is 6.92 Å². The number of phenols is 1. The fourth-order valence-electron chi connectivity index (χ4n) is 3.54. The number of carbonyl (C=O) groups is 1. The molecular weight excluding hydrogens is 684 g/mol. The molecule has 5 nitrogen and oxygen atoms in total. The van der Waals surface area contributed by atoms with Crippen LogP contribution in [0, 0.1) is 3.57 Å². The Hall–Kier alpha value is -1.13. The molecule has 0 atom stereocenters. The Kier molecular flexibility index (Phi) is 7.43. The summed E-state index contributed by atoms with van der Waals surface area (Å²) in [5, 5.41) is 19.7. The zero-order chi connectivity index (χ0) is 25.1. The molecule has 12 heteroatoms. The summed E-state index contributed by atoms with van der Waals surface area (Å²) in [5.41, 5.74) is -0.620. The van der Waals surface area contributed by atoms with E-state index in [-0.39, 0.29) is 69.1 Å². The molecule has 1 aliphatic heterocycles. The first-order valence-electron chi connectivity index (χ1n) is 9.29. The molecule has 1 aliphatic carbocycles. The van der Waals surface area contributed by atoms with Crippen molar-refractivity contribution >= 4 is 86.5 Å². The standard InChI is InChI=1S/C22H10Cl6IO5/c1-2-29-11-5-8(23)13(22(32)33)14(15(11)26)12-6-3-9(24)18(30)16(27)20(6)34-21-7(12)4-10(25)19(31)17(21)28/h3-5,30H,2H2,1H3,(H,32,33)/q-1.